The molecule has 2 atom stereocenters. The maximum atomic E-state index is 13.4. The van der Waals surface area contributed by atoms with Crippen LogP contribution in [0.15, 0.2) is 29.2 Å². The molecular formula is C16H21FN2O4S. The van der Waals surface area contributed by atoms with E-state index < -0.39 is 21.3 Å². The number of nitrogens with zero attached hydrogens (tertiary/aromatic N) is 2. The van der Waals surface area contributed by atoms with Gasteiger partial charge >= 0.3 is 0 Å². The van der Waals surface area contributed by atoms with Gasteiger partial charge in [-0.25, -0.2) is 12.8 Å². The number of hydrogen-bond donors (Lipinski definition) is 1. The first kappa shape index (κ1) is 17.3. The molecule has 1 aromatic rings. The van der Waals surface area contributed by atoms with Gasteiger partial charge in [0.15, 0.2) is 0 Å². The van der Waals surface area contributed by atoms with Gasteiger partial charge in [0.05, 0.1) is 11.5 Å². The minimum atomic E-state index is -3.83. The lowest BCUT2D eigenvalue weighted by atomic mass is 9.74. The van der Waals surface area contributed by atoms with E-state index in [4.69, 9.17) is 0 Å². The predicted octanol–water partition coefficient (Wildman–Crippen LogP) is 0.677. The molecule has 1 aromatic carbocycles. The second-order valence-corrected chi connectivity index (χ2v) is 8.64. The van der Waals surface area contributed by atoms with Crippen molar-refractivity contribution < 1.29 is 22.7 Å². The molecule has 0 aliphatic carbocycles. The molecule has 0 unspecified atom stereocenters. The molecule has 0 radical (unpaired) electrons. The highest BCUT2D eigenvalue weighted by Crippen LogP contribution is 2.43. The Balaban J connectivity index is 1.89. The van der Waals surface area contributed by atoms with E-state index in [1.165, 1.54) is 29.4 Å². The van der Waals surface area contributed by atoms with Crippen LogP contribution in [0.5, 0.6) is 0 Å². The molecule has 24 heavy (non-hydrogen) atoms. The van der Waals surface area contributed by atoms with Gasteiger partial charge in [-0.1, -0.05) is 6.07 Å². The number of benzene rings is 1. The molecule has 132 valence electrons. The minimum absolute atomic E-state index is 0.0126. The summed E-state index contributed by atoms with van der Waals surface area (Å²) in [6.07, 6.45) is 0.648. The normalized spacial score (nSPS) is 28.0. The standard InChI is InChI=1S/C16H21FN2O4S/c1-12(21)18-6-5-13-8-19(10-16(13,9-18)11-20)24(22,23)15-4-2-3-14(17)7-15/h2-4,7,13,20H,5-6,8-11H2,1H3/t13-,16+/m0/s1. The van der Waals surface area contributed by atoms with Gasteiger partial charge in [0.1, 0.15) is 5.82 Å². The Hall–Kier alpha value is -1.51. The monoisotopic (exact) mass is 356 g/mol. The van der Waals surface area contributed by atoms with E-state index in [9.17, 15) is 22.7 Å². The Labute approximate surface area is 140 Å². The molecule has 6 nitrogen and oxygen atoms in total. The van der Waals surface area contributed by atoms with Crippen LogP contribution in [0, 0.1) is 17.2 Å². The van der Waals surface area contributed by atoms with Gasteiger partial charge in [0, 0.05) is 38.5 Å². The molecule has 2 saturated heterocycles. The van der Waals surface area contributed by atoms with Crippen molar-refractivity contribution in [3.63, 3.8) is 0 Å². The van der Waals surface area contributed by atoms with Gasteiger partial charge in [-0.15, -0.1) is 0 Å². The van der Waals surface area contributed by atoms with Crippen molar-refractivity contribution >= 4 is 15.9 Å². The highest BCUT2D eigenvalue weighted by atomic mass is 32.2. The lowest BCUT2D eigenvalue weighted by Gasteiger charge is -2.42. The summed E-state index contributed by atoms with van der Waals surface area (Å²) in [6.45, 7) is 2.62. The van der Waals surface area contributed by atoms with Crippen LogP contribution in [0.1, 0.15) is 13.3 Å². The van der Waals surface area contributed by atoms with Gasteiger partial charge in [-0.3, -0.25) is 4.79 Å². The Morgan fingerprint density at radius 2 is 2.17 bits per heavy atom. The summed E-state index contributed by atoms with van der Waals surface area (Å²) in [5.74, 6) is -0.693. The molecule has 2 heterocycles. The van der Waals surface area contributed by atoms with Crippen LogP contribution in [0.4, 0.5) is 4.39 Å². The van der Waals surface area contributed by atoms with E-state index in [0.717, 1.165) is 6.07 Å². The number of fused-ring (bicyclic) bond motifs is 1. The fourth-order valence-corrected chi connectivity index (χ4v) is 5.40. The van der Waals surface area contributed by atoms with Crippen LogP contribution in [-0.2, 0) is 14.8 Å². The molecule has 0 spiro atoms. The molecular weight excluding hydrogens is 335 g/mol. The molecule has 8 heteroatoms. The van der Waals surface area contributed by atoms with Gasteiger partial charge in [0.2, 0.25) is 15.9 Å². The lowest BCUT2D eigenvalue weighted by molar-refractivity contribution is -0.134. The first-order valence-electron chi connectivity index (χ1n) is 7.91. The number of amides is 1. The number of carbonyl (C=O) groups is 1. The number of halogens is 1. The minimum Gasteiger partial charge on any atom is -0.396 e. The number of aliphatic hydroxyl groups excluding tert-OH is 1. The zero-order valence-corrected chi connectivity index (χ0v) is 14.3. The van der Waals surface area contributed by atoms with Crippen molar-refractivity contribution in [2.24, 2.45) is 11.3 Å². The Kier molecular flexibility index (Phi) is 4.39. The number of sulfonamides is 1. The molecule has 2 aliphatic heterocycles. The summed E-state index contributed by atoms with van der Waals surface area (Å²) < 4.78 is 40.3. The van der Waals surface area contributed by atoms with Crippen molar-refractivity contribution in [3.05, 3.63) is 30.1 Å². The zero-order valence-electron chi connectivity index (χ0n) is 13.5. The summed E-state index contributed by atoms with van der Waals surface area (Å²) in [5, 5.41) is 9.93. The average Bonchev–Trinajstić information content (AvgIpc) is 2.94. The highest BCUT2D eigenvalue weighted by Gasteiger charge is 2.52. The summed E-state index contributed by atoms with van der Waals surface area (Å²) in [4.78, 5) is 13.2. The highest BCUT2D eigenvalue weighted by molar-refractivity contribution is 7.89. The van der Waals surface area contributed by atoms with Crippen LogP contribution < -0.4 is 0 Å². The largest absolute Gasteiger partial charge is 0.396 e. The van der Waals surface area contributed by atoms with Crippen LogP contribution >= 0.6 is 0 Å². The Bertz CT molecular complexity index is 754. The SMILES string of the molecule is CC(=O)N1CC[C@H]2CN(S(=O)(=O)c3cccc(F)c3)C[C@@]2(CO)C1. The number of carbonyl (C=O) groups excluding carboxylic acids is 1. The Morgan fingerprint density at radius 3 is 2.79 bits per heavy atom. The molecule has 0 aromatic heterocycles. The van der Waals surface area contributed by atoms with Crippen molar-refractivity contribution in [3.8, 4) is 0 Å². The molecule has 0 bridgehead atoms. The first-order chi connectivity index (χ1) is 11.3. The summed E-state index contributed by atoms with van der Waals surface area (Å²) in [6, 6.07) is 4.94. The third kappa shape index (κ3) is 2.82. The smallest absolute Gasteiger partial charge is 0.243 e. The van der Waals surface area contributed by atoms with E-state index in [1.54, 1.807) is 4.90 Å². The first-order valence-corrected chi connectivity index (χ1v) is 9.35. The zero-order chi connectivity index (χ0) is 17.5. The van der Waals surface area contributed by atoms with Crippen LogP contribution in [-0.4, -0.2) is 61.4 Å². The third-order valence-corrected chi connectivity index (χ3v) is 7.04. The maximum absolute atomic E-state index is 13.4. The molecule has 0 saturated carbocycles. The maximum Gasteiger partial charge on any atom is 0.243 e. The van der Waals surface area contributed by atoms with Crippen molar-refractivity contribution in [2.75, 3.05) is 32.8 Å². The predicted molar refractivity (Wildman–Crippen MR) is 85.0 cm³/mol. The number of aliphatic hydroxyl groups is 1. The van der Waals surface area contributed by atoms with Crippen molar-refractivity contribution in [1.82, 2.24) is 9.21 Å². The lowest BCUT2D eigenvalue weighted by Crippen LogP contribution is -2.52. The van der Waals surface area contributed by atoms with Gasteiger partial charge in [0.25, 0.3) is 0 Å². The molecule has 1 N–H and O–H groups in total. The number of rotatable bonds is 3. The van der Waals surface area contributed by atoms with E-state index >= 15 is 0 Å². The fraction of sp³-hybridized carbons (Fsp3) is 0.562. The third-order valence-electron chi connectivity index (χ3n) is 5.23. The number of piperidine rings is 1. The summed E-state index contributed by atoms with van der Waals surface area (Å²) in [7, 11) is -3.83. The van der Waals surface area contributed by atoms with E-state index in [0.29, 0.717) is 19.5 Å². The van der Waals surface area contributed by atoms with E-state index in [1.807, 2.05) is 0 Å². The second-order valence-electron chi connectivity index (χ2n) is 6.70. The Morgan fingerprint density at radius 1 is 1.42 bits per heavy atom. The van der Waals surface area contributed by atoms with Crippen molar-refractivity contribution in [1.29, 1.82) is 0 Å². The van der Waals surface area contributed by atoms with Crippen LogP contribution in [0.25, 0.3) is 0 Å². The van der Waals surface area contributed by atoms with Gasteiger partial charge < -0.3 is 10.0 Å². The quantitative estimate of drug-likeness (QED) is 0.864. The van der Waals surface area contributed by atoms with E-state index in [2.05, 4.69) is 0 Å². The molecule has 2 aliphatic rings. The number of hydrogen-bond acceptors (Lipinski definition) is 4. The molecule has 3 rings (SSSR count). The topological polar surface area (TPSA) is 77.9 Å². The van der Waals surface area contributed by atoms with E-state index in [-0.39, 0.29) is 36.4 Å². The summed E-state index contributed by atoms with van der Waals surface area (Å²) >= 11 is 0. The average molecular weight is 356 g/mol. The summed E-state index contributed by atoms with van der Waals surface area (Å²) in [5.41, 5.74) is -0.648. The molecule has 2 fully saturated rings. The van der Waals surface area contributed by atoms with Crippen LogP contribution in [0.2, 0.25) is 0 Å². The van der Waals surface area contributed by atoms with Gasteiger partial charge in [-0.2, -0.15) is 4.31 Å². The van der Waals surface area contributed by atoms with Crippen LogP contribution in [0.3, 0.4) is 0 Å². The second kappa shape index (κ2) is 6.09. The number of likely N-dealkylation sites (tertiary alicyclic amines) is 1. The van der Waals surface area contributed by atoms with Crippen molar-refractivity contribution in [2.45, 2.75) is 18.2 Å². The molecule has 1 amide bonds. The van der Waals surface area contributed by atoms with Gasteiger partial charge in [-0.05, 0) is 30.5 Å². The fourth-order valence-electron chi connectivity index (χ4n) is 3.79.